The Kier molecular flexibility index (Phi) is 5.41. The molecule has 0 bridgehead atoms. The second-order valence-electron chi connectivity index (χ2n) is 8.50. The van der Waals surface area contributed by atoms with Crippen molar-refractivity contribution in [3.63, 3.8) is 0 Å². The Morgan fingerprint density at radius 3 is 2.52 bits per heavy atom. The number of aromatic amines is 1. The lowest BCUT2D eigenvalue weighted by atomic mass is 9.95. The van der Waals surface area contributed by atoms with Crippen molar-refractivity contribution in [1.29, 1.82) is 0 Å². The Morgan fingerprint density at radius 1 is 1.00 bits per heavy atom. The van der Waals surface area contributed by atoms with Crippen LogP contribution in [0.3, 0.4) is 0 Å². The van der Waals surface area contributed by atoms with E-state index in [-0.39, 0.29) is 42.7 Å². The van der Waals surface area contributed by atoms with Crippen LogP contribution < -0.4 is 0 Å². The number of non-ortho nitro benzene ring substituents is 1. The van der Waals surface area contributed by atoms with Gasteiger partial charge in [-0.15, -0.1) is 0 Å². The van der Waals surface area contributed by atoms with Crippen LogP contribution in [0.1, 0.15) is 34.5 Å². The number of carbonyl (C=O) groups excluding carboxylic acids is 1. The number of nitrogens with zero attached hydrogens (tertiary/aromatic N) is 3. The topological polar surface area (TPSA) is 117 Å². The standard InChI is InChI=1S/C23H24N4O5S/c28-23(16-8-9-22-20(14-16)19-6-1-2-7-21(19)24-22)25-10-12-26(13-11-25)33(31,32)18-5-3-4-17(15-18)27(29)30/h3-5,8-9,14-15,24H,1-2,6-7,10-13H2. The summed E-state index contributed by atoms with van der Waals surface area (Å²) in [5, 5.41) is 12.1. The van der Waals surface area contributed by atoms with Gasteiger partial charge in [-0.1, -0.05) is 6.07 Å². The number of hydrogen-bond donors (Lipinski definition) is 1. The van der Waals surface area contributed by atoms with Gasteiger partial charge < -0.3 is 9.88 Å². The number of piperazine rings is 1. The van der Waals surface area contributed by atoms with E-state index in [0.717, 1.165) is 36.2 Å². The van der Waals surface area contributed by atoms with Gasteiger partial charge in [-0.05, 0) is 55.5 Å². The van der Waals surface area contributed by atoms with Gasteiger partial charge in [0.05, 0.1) is 9.82 Å². The van der Waals surface area contributed by atoms with Crippen molar-refractivity contribution in [1.82, 2.24) is 14.2 Å². The summed E-state index contributed by atoms with van der Waals surface area (Å²) in [6, 6.07) is 10.8. The van der Waals surface area contributed by atoms with Gasteiger partial charge >= 0.3 is 0 Å². The van der Waals surface area contributed by atoms with E-state index in [2.05, 4.69) is 4.98 Å². The third-order valence-electron chi connectivity index (χ3n) is 6.54. The van der Waals surface area contributed by atoms with Crippen LogP contribution in [0, 0.1) is 10.1 Å². The van der Waals surface area contributed by atoms with E-state index < -0.39 is 14.9 Å². The van der Waals surface area contributed by atoms with Crippen molar-refractivity contribution < 1.29 is 18.1 Å². The first-order valence-electron chi connectivity index (χ1n) is 11.0. The molecule has 1 amide bonds. The highest BCUT2D eigenvalue weighted by molar-refractivity contribution is 7.89. The van der Waals surface area contributed by atoms with E-state index in [1.807, 2.05) is 18.2 Å². The van der Waals surface area contributed by atoms with E-state index in [0.29, 0.717) is 5.56 Å². The molecular weight excluding hydrogens is 444 g/mol. The molecule has 0 unspecified atom stereocenters. The molecule has 1 aliphatic carbocycles. The molecule has 9 nitrogen and oxygen atoms in total. The molecule has 0 saturated carbocycles. The van der Waals surface area contributed by atoms with Crippen LogP contribution in [0.2, 0.25) is 0 Å². The van der Waals surface area contributed by atoms with E-state index in [1.54, 1.807) is 4.90 Å². The minimum atomic E-state index is -3.88. The molecule has 3 aromatic rings. The van der Waals surface area contributed by atoms with Crippen molar-refractivity contribution in [2.75, 3.05) is 26.2 Å². The molecule has 172 valence electrons. The van der Waals surface area contributed by atoms with Gasteiger partial charge in [0, 0.05) is 60.5 Å². The highest BCUT2D eigenvalue weighted by Gasteiger charge is 2.31. The quantitative estimate of drug-likeness (QED) is 0.466. The Labute approximate surface area is 191 Å². The molecule has 1 aromatic heterocycles. The van der Waals surface area contributed by atoms with Crippen LogP contribution in [0.15, 0.2) is 47.4 Å². The third-order valence-corrected chi connectivity index (χ3v) is 8.43. The van der Waals surface area contributed by atoms with E-state index in [4.69, 9.17) is 0 Å². The molecule has 1 fully saturated rings. The lowest BCUT2D eigenvalue weighted by molar-refractivity contribution is -0.385. The van der Waals surface area contributed by atoms with Gasteiger partial charge in [0.25, 0.3) is 11.6 Å². The summed E-state index contributed by atoms with van der Waals surface area (Å²) < 4.78 is 27.2. The van der Waals surface area contributed by atoms with Crippen LogP contribution in [0.25, 0.3) is 10.9 Å². The number of hydrogen-bond acceptors (Lipinski definition) is 5. The zero-order chi connectivity index (χ0) is 23.2. The second-order valence-corrected chi connectivity index (χ2v) is 10.4. The summed E-state index contributed by atoms with van der Waals surface area (Å²) in [5.74, 6) is -0.116. The molecular formula is C23H24N4O5S. The molecule has 1 aliphatic heterocycles. The summed E-state index contributed by atoms with van der Waals surface area (Å²) in [5.41, 5.74) is 3.95. The minimum Gasteiger partial charge on any atom is -0.358 e. The molecule has 2 heterocycles. The average molecular weight is 469 g/mol. The number of nitro benzene ring substituents is 1. The van der Waals surface area contributed by atoms with Crippen molar-refractivity contribution in [3.05, 3.63) is 69.4 Å². The normalized spacial score (nSPS) is 17.2. The third kappa shape index (κ3) is 3.89. The molecule has 0 atom stereocenters. The van der Waals surface area contributed by atoms with Gasteiger partial charge in [-0.25, -0.2) is 8.42 Å². The first kappa shape index (κ1) is 21.6. The Morgan fingerprint density at radius 2 is 1.76 bits per heavy atom. The van der Waals surface area contributed by atoms with Gasteiger partial charge in [0.2, 0.25) is 10.0 Å². The van der Waals surface area contributed by atoms with E-state index in [1.165, 1.54) is 40.2 Å². The van der Waals surface area contributed by atoms with Crippen LogP contribution in [0.5, 0.6) is 0 Å². The number of aromatic nitrogens is 1. The molecule has 0 radical (unpaired) electrons. The summed E-state index contributed by atoms with van der Waals surface area (Å²) in [4.78, 5) is 28.6. The minimum absolute atomic E-state index is 0.112. The summed E-state index contributed by atoms with van der Waals surface area (Å²) >= 11 is 0. The summed E-state index contributed by atoms with van der Waals surface area (Å²) in [6.07, 6.45) is 4.38. The van der Waals surface area contributed by atoms with Crippen LogP contribution >= 0.6 is 0 Å². The SMILES string of the molecule is O=C(c1ccc2[nH]c3c(c2c1)CCCC3)N1CCN(S(=O)(=O)c2cccc([N+](=O)[O-])c2)CC1. The van der Waals surface area contributed by atoms with Gasteiger partial charge in [0.15, 0.2) is 0 Å². The molecule has 33 heavy (non-hydrogen) atoms. The first-order valence-corrected chi connectivity index (χ1v) is 12.5. The fraction of sp³-hybridized carbons (Fsp3) is 0.348. The Balaban J connectivity index is 1.31. The smallest absolute Gasteiger partial charge is 0.270 e. The van der Waals surface area contributed by atoms with Gasteiger partial charge in [0.1, 0.15) is 0 Å². The van der Waals surface area contributed by atoms with Crippen LogP contribution in [-0.4, -0.2) is 59.6 Å². The maximum atomic E-state index is 13.2. The number of H-pyrrole nitrogens is 1. The highest BCUT2D eigenvalue weighted by Crippen LogP contribution is 2.30. The zero-order valence-corrected chi connectivity index (χ0v) is 18.8. The molecule has 5 rings (SSSR count). The zero-order valence-electron chi connectivity index (χ0n) is 18.0. The number of rotatable bonds is 4. The predicted octanol–water partition coefficient (Wildman–Crippen LogP) is 3.10. The fourth-order valence-electron chi connectivity index (χ4n) is 4.76. The maximum absolute atomic E-state index is 13.2. The van der Waals surface area contributed by atoms with E-state index in [9.17, 15) is 23.3 Å². The number of aryl methyl sites for hydroxylation is 2. The summed E-state index contributed by atoms with van der Waals surface area (Å²) in [7, 11) is -3.88. The van der Waals surface area contributed by atoms with Crippen molar-refractivity contribution in [2.24, 2.45) is 0 Å². The predicted molar refractivity (Wildman–Crippen MR) is 123 cm³/mol. The van der Waals surface area contributed by atoms with Crippen LogP contribution in [-0.2, 0) is 22.9 Å². The number of sulfonamides is 1. The maximum Gasteiger partial charge on any atom is 0.270 e. The fourth-order valence-corrected chi connectivity index (χ4v) is 6.22. The highest BCUT2D eigenvalue weighted by atomic mass is 32.2. The molecule has 2 aromatic carbocycles. The number of nitro groups is 1. The monoisotopic (exact) mass is 468 g/mol. The number of nitrogens with one attached hydrogen (secondary N) is 1. The van der Waals surface area contributed by atoms with Crippen molar-refractivity contribution in [2.45, 2.75) is 30.6 Å². The molecule has 1 saturated heterocycles. The molecule has 2 aliphatic rings. The van der Waals surface area contributed by atoms with Gasteiger partial charge in [-0.2, -0.15) is 4.31 Å². The summed E-state index contributed by atoms with van der Waals surface area (Å²) in [6.45, 7) is 0.795. The van der Waals surface area contributed by atoms with Crippen molar-refractivity contribution in [3.8, 4) is 0 Å². The molecule has 1 N–H and O–H groups in total. The van der Waals surface area contributed by atoms with Crippen molar-refractivity contribution >= 4 is 32.5 Å². The van der Waals surface area contributed by atoms with Crippen LogP contribution in [0.4, 0.5) is 5.69 Å². The van der Waals surface area contributed by atoms with Gasteiger partial charge in [-0.3, -0.25) is 14.9 Å². The lowest BCUT2D eigenvalue weighted by Crippen LogP contribution is -2.50. The Bertz CT molecular complexity index is 1360. The largest absolute Gasteiger partial charge is 0.358 e. The Hall–Kier alpha value is -3.24. The molecule has 0 spiro atoms. The average Bonchev–Trinajstić information content (AvgIpc) is 3.21. The van der Waals surface area contributed by atoms with E-state index >= 15 is 0 Å². The second kappa shape index (κ2) is 8.27. The number of benzene rings is 2. The lowest BCUT2D eigenvalue weighted by Gasteiger charge is -2.34. The molecule has 10 heteroatoms. The number of carbonyl (C=O) groups is 1. The number of amides is 1. The number of fused-ring (bicyclic) bond motifs is 3. The first-order chi connectivity index (χ1) is 15.8.